The van der Waals surface area contributed by atoms with Crippen LogP contribution in [0.5, 0.6) is 11.5 Å². The van der Waals surface area contributed by atoms with Crippen LogP contribution >= 0.6 is 0 Å². The van der Waals surface area contributed by atoms with Crippen molar-refractivity contribution in [2.24, 2.45) is 0 Å². The predicted octanol–water partition coefficient (Wildman–Crippen LogP) is 3.40. The van der Waals surface area contributed by atoms with Crippen molar-refractivity contribution >= 4 is 5.91 Å². The first-order valence-corrected chi connectivity index (χ1v) is 8.88. The van der Waals surface area contributed by atoms with E-state index in [1.807, 2.05) is 59.6 Å². The zero-order valence-corrected chi connectivity index (χ0v) is 15.4. The Kier molecular flexibility index (Phi) is 4.54. The average molecular weight is 363 g/mol. The summed E-state index contributed by atoms with van der Waals surface area (Å²) in [6, 6.07) is 15.4. The van der Waals surface area contributed by atoms with Crippen LogP contribution < -0.4 is 9.47 Å². The molecule has 1 aliphatic heterocycles. The summed E-state index contributed by atoms with van der Waals surface area (Å²) in [5.41, 5.74) is 2.99. The Morgan fingerprint density at radius 3 is 2.37 bits per heavy atom. The molecule has 0 saturated carbocycles. The molecule has 2 heterocycles. The molecule has 6 heteroatoms. The van der Waals surface area contributed by atoms with E-state index in [0.717, 1.165) is 36.3 Å². The van der Waals surface area contributed by atoms with E-state index < -0.39 is 0 Å². The molecule has 4 rings (SSSR count). The summed E-state index contributed by atoms with van der Waals surface area (Å²) in [5, 5.41) is 4.61. The third-order valence-electron chi connectivity index (χ3n) is 4.78. The minimum atomic E-state index is -0.0410. The van der Waals surface area contributed by atoms with Crippen LogP contribution in [-0.2, 0) is 0 Å². The van der Waals surface area contributed by atoms with Crippen LogP contribution in [0.3, 0.4) is 0 Å². The number of hydrogen-bond acceptors (Lipinski definition) is 4. The van der Waals surface area contributed by atoms with E-state index in [2.05, 4.69) is 5.10 Å². The number of carbonyl (C=O) groups is 1. The molecule has 6 nitrogen and oxygen atoms in total. The number of amides is 1. The minimum Gasteiger partial charge on any atom is -0.493 e. The normalized spacial score (nSPS) is 13.2. The van der Waals surface area contributed by atoms with Gasteiger partial charge in [0.05, 0.1) is 19.9 Å². The SMILES string of the molecule is COc1ccc(-c2cn(-c3ccccc3)nc2C(=O)N2CCC2)cc1OC. The standard InChI is InChI=1S/C21H21N3O3/c1-26-18-10-9-15(13-19(18)27-2)17-14-24(16-7-4-3-5-8-16)22-20(17)21(25)23-11-6-12-23/h3-5,7-10,13-14H,6,11-12H2,1-2H3. The van der Waals surface area contributed by atoms with E-state index in [1.165, 1.54) is 0 Å². The molecule has 0 unspecified atom stereocenters. The van der Waals surface area contributed by atoms with Gasteiger partial charge in [-0.2, -0.15) is 5.10 Å². The Hall–Kier alpha value is -3.28. The lowest BCUT2D eigenvalue weighted by atomic mass is 10.0. The van der Waals surface area contributed by atoms with Crippen molar-refractivity contribution < 1.29 is 14.3 Å². The number of likely N-dealkylation sites (tertiary alicyclic amines) is 1. The number of methoxy groups -OCH3 is 2. The Balaban J connectivity index is 1.83. The number of benzene rings is 2. The van der Waals surface area contributed by atoms with Crippen LogP contribution in [0.2, 0.25) is 0 Å². The van der Waals surface area contributed by atoms with Gasteiger partial charge in [0.25, 0.3) is 5.91 Å². The zero-order chi connectivity index (χ0) is 18.8. The molecular weight excluding hydrogens is 342 g/mol. The maximum absolute atomic E-state index is 12.9. The fourth-order valence-electron chi connectivity index (χ4n) is 3.13. The fourth-order valence-corrected chi connectivity index (χ4v) is 3.13. The van der Waals surface area contributed by atoms with E-state index >= 15 is 0 Å². The summed E-state index contributed by atoms with van der Waals surface area (Å²) >= 11 is 0. The van der Waals surface area contributed by atoms with Gasteiger partial charge >= 0.3 is 0 Å². The molecular formula is C21H21N3O3. The maximum Gasteiger partial charge on any atom is 0.275 e. The van der Waals surface area contributed by atoms with Gasteiger partial charge in [-0.25, -0.2) is 4.68 Å². The number of aromatic nitrogens is 2. The Bertz CT molecular complexity index is 962. The van der Waals surface area contributed by atoms with Crippen LogP contribution in [0.25, 0.3) is 16.8 Å². The Labute approximate surface area is 157 Å². The average Bonchev–Trinajstić information content (AvgIpc) is 3.12. The van der Waals surface area contributed by atoms with E-state index in [1.54, 1.807) is 18.9 Å². The van der Waals surface area contributed by atoms with Crippen molar-refractivity contribution in [1.82, 2.24) is 14.7 Å². The first-order valence-electron chi connectivity index (χ1n) is 8.88. The van der Waals surface area contributed by atoms with E-state index in [-0.39, 0.29) is 5.91 Å². The van der Waals surface area contributed by atoms with Gasteiger partial charge in [0.15, 0.2) is 17.2 Å². The van der Waals surface area contributed by atoms with Gasteiger partial charge in [-0.3, -0.25) is 4.79 Å². The van der Waals surface area contributed by atoms with Crippen molar-refractivity contribution in [3.63, 3.8) is 0 Å². The van der Waals surface area contributed by atoms with Crippen molar-refractivity contribution in [2.45, 2.75) is 6.42 Å². The Morgan fingerprint density at radius 1 is 1.00 bits per heavy atom. The first-order chi connectivity index (χ1) is 13.2. The molecule has 138 valence electrons. The van der Waals surface area contributed by atoms with Gasteiger partial charge < -0.3 is 14.4 Å². The molecule has 0 bridgehead atoms. The first kappa shape index (κ1) is 17.1. The summed E-state index contributed by atoms with van der Waals surface area (Å²) in [6.45, 7) is 1.56. The summed E-state index contributed by atoms with van der Waals surface area (Å²) in [6.07, 6.45) is 2.93. The number of rotatable bonds is 5. The molecule has 1 saturated heterocycles. The lowest BCUT2D eigenvalue weighted by Gasteiger charge is -2.30. The quantitative estimate of drug-likeness (QED) is 0.697. The smallest absolute Gasteiger partial charge is 0.275 e. The van der Waals surface area contributed by atoms with Gasteiger partial charge in [-0.05, 0) is 36.2 Å². The van der Waals surface area contributed by atoms with Gasteiger partial charge in [-0.1, -0.05) is 24.3 Å². The molecule has 0 radical (unpaired) electrons. The molecule has 0 spiro atoms. The number of carbonyl (C=O) groups excluding carboxylic acids is 1. The van der Waals surface area contributed by atoms with Crippen molar-refractivity contribution in [1.29, 1.82) is 0 Å². The van der Waals surface area contributed by atoms with Crippen LogP contribution in [0.1, 0.15) is 16.9 Å². The minimum absolute atomic E-state index is 0.0410. The largest absolute Gasteiger partial charge is 0.493 e. The zero-order valence-electron chi connectivity index (χ0n) is 15.4. The van der Waals surface area contributed by atoms with Crippen molar-refractivity contribution in [2.75, 3.05) is 27.3 Å². The van der Waals surface area contributed by atoms with E-state index in [0.29, 0.717) is 17.2 Å². The second-order valence-electron chi connectivity index (χ2n) is 6.39. The van der Waals surface area contributed by atoms with Crippen molar-refractivity contribution in [3.05, 3.63) is 60.4 Å². The van der Waals surface area contributed by atoms with Gasteiger partial charge in [0.1, 0.15) is 0 Å². The summed E-state index contributed by atoms with van der Waals surface area (Å²) in [4.78, 5) is 14.8. The lowest BCUT2D eigenvalue weighted by Crippen LogP contribution is -2.42. The number of hydrogen-bond donors (Lipinski definition) is 0. The Morgan fingerprint density at radius 2 is 1.74 bits per heavy atom. The molecule has 1 aromatic heterocycles. The van der Waals surface area contributed by atoms with Crippen LogP contribution in [0.15, 0.2) is 54.7 Å². The molecule has 3 aromatic rings. The third kappa shape index (κ3) is 3.14. The van der Waals surface area contributed by atoms with E-state index in [4.69, 9.17) is 9.47 Å². The topological polar surface area (TPSA) is 56.6 Å². The van der Waals surface area contributed by atoms with E-state index in [9.17, 15) is 4.79 Å². The number of nitrogens with zero attached hydrogens (tertiary/aromatic N) is 3. The number of ether oxygens (including phenoxy) is 2. The molecule has 27 heavy (non-hydrogen) atoms. The molecule has 1 amide bonds. The second-order valence-corrected chi connectivity index (χ2v) is 6.39. The summed E-state index contributed by atoms with van der Waals surface area (Å²) in [5.74, 6) is 1.22. The highest BCUT2D eigenvalue weighted by Gasteiger charge is 2.27. The third-order valence-corrected chi connectivity index (χ3v) is 4.78. The van der Waals surface area contributed by atoms with Crippen LogP contribution in [0.4, 0.5) is 0 Å². The van der Waals surface area contributed by atoms with Crippen LogP contribution in [-0.4, -0.2) is 47.9 Å². The van der Waals surface area contributed by atoms with Gasteiger partial charge in [0.2, 0.25) is 0 Å². The summed E-state index contributed by atoms with van der Waals surface area (Å²) < 4.78 is 12.5. The van der Waals surface area contributed by atoms with Crippen molar-refractivity contribution in [3.8, 4) is 28.3 Å². The molecule has 1 fully saturated rings. The number of para-hydroxylation sites is 1. The predicted molar refractivity (Wildman–Crippen MR) is 103 cm³/mol. The highest BCUT2D eigenvalue weighted by Crippen LogP contribution is 2.34. The molecule has 0 atom stereocenters. The van der Waals surface area contributed by atoms with Crippen LogP contribution in [0, 0.1) is 0 Å². The molecule has 0 aliphatic carbocycles. The maximum atomic E-state index is 12.9. The van der Waals surface area contributed by atoms with Gasteiger partial charge in [-0.15, -0.1) is 0 Å². The molecule has 0 N–H and O–H groups in total. The van der Waals surface area contributed by atoms with Gasteiger partial charge in [0, 0.05) is 24.8 Å². The lowest BCUT2D eigenvalue weighted by molar-refractivity contribution is 0.0646. The summed E-state index contributed by atoms with van der Waals surface area (Å²) in [7, 11) is 3.20. The highest BCUT2D eigenvalue weighted by molar-refractivity contribution is 5.99. The highest BCUT2D eigenvalue weighted by atomic mass is 16.5. The molecule has 2 aromatic carbocycles. The fraction of sp³-hybridized carbons (Fsp3) is 0.238. The molecule has 1 aliphatic rings. The monoisotopic (exact) mass is 363 g/mol. The second kappa shape index (κ2) is 7.15.